The molecule has 0 amide bonds. The van der Waals surface area contributed by atoms with Crippen LogP contribution in [0.3, 0.4) is 0 Å². The Morgan fingerprint density at radius 3 is 2.12 bits per heavy atom. The largest absolute Gasteiger partial charge is 0.507 e. The van der Waals surface area contributed by atoms with Gasteiger partial charge in [0.2, 0.25) is 17.3 Å². The lowest BCUT2D eigenvalue weighted by molar-refractivity contribution is -0.153. The Morgan fingerprint density at radius 1 is 0.969 bits per heavy atom. The normalized spacial score (nSPS) is 14.8. The lowest BCUT2D eigenvalue weighted by atomic mass is 9.77. The molecule has 1 atom stereocenters. The summed E-state index contributed by atoms with van der Waals surface area (Å²) in [4.78, 5) is 49.7. The number of ketones is 3. The highest BCUT2D eigenvalue weighted by Gasteiger charge is 2.39. The van der Waals surface area contributed by atoms with E-state index in [9.17, 15) is 37.5 Å². The Balaban J connectivity index is 2.14. The van der Waals surface area contributed by atoms with Crippen molar-refractivity contribution in [3.05, 3.63) is 76.4 Å². The van der Waals surface area contributed by atoms with Crippen molar-refractivity contribution < 1.29 is 42.2 Å². The van der Waals surface area contributed by atoms with Gasteiger partial charge in [0.1, 0.15) is 5.76 Å². The first-order chi connectivity index (χ1) is 15.1. The summed E-state index contributed by atoms with van der Waals surface area (Å²) >= 11 is 0. The van der Waals surface area contributed by atoms with Crippen LogP contribution in [0.5, 0.6) is 0 Å². The third kappa shape index (κ3) is 4.32. The number of hydrogen-bond donors (Lipinski definition) is 1. The summed E-state index contributed by atoms with van der Waals surface area (Å²) < 4.78 is 43.5. The number of benzene rings is 2. The highest BCUT2D eigenvalue weighted by molar-refractivity contribution is 6.52. The van der Waals surface area contributed by atoms with Gasteiger partial charge in [-0.15, -0.1) is 0 Å². The first-order valence-corrected chi connectivity index (χ1v) is 9.54. The van der Waals surface area contributed by atoms with Crippen molar-refractivity contribution in [1.82, 2.24) is 0 Å². The average Bonchev–Trinajstić information content (AvgIpc) is 2.76. The molecule has 3 rings (SSSR count). The van der Waals surface area contributed by atoms with Gasteiger partial charge in [-0.05, 0) is 24.6 Å². The quantitative estimate of drug-likeness (QED) is 0.531. The summed E-state index contributed by atoms with van der Waals surface area (Å²) in [5.41, 5.74) is -1.38. The summed E-state index contributed by atoms with van der Waals surface area (Å²) in [6, 6.07) is 9.32. The van der Waals surface area contributed by atoms with Crippen LogP contribution in [0.15, 0.2) is 54.1 Å². The molecule has 0 spiro atoms. The van der Waals surface area contributed by atoms with Crippen LogP contribution in [-0.4, -0.2) is 35.0 Å². The van der Waals surface area contributed by atoms with Crippen LogP contribution in [0.1, 0.15) is 46.3 Å². The molecule has 0 radical (unpaired) electrons. The van der Waals surface area contributed by atoms with Crippen molar-refractivity contribution in [2.75, 3.05) is 6.61 Å². The van der Waals surface area contributed by atoms with E-state index in [-0.39, 0.29) is 23.3 Å². The second-order valence-corrected chi connectivity index (χ2v) is 6.99. The molecule has 1 aliphatic carbocycles. The number of carbonyl (C=O) groups excluding carboxylic acids is 4. The molecular weight excluding hydrogens is 429 g/mol. The van der Waals surface area contributed by atoms with Gasteiger partial charge < -0.3 is 9.84 Å². The van der Waals surface area contributed by atoms with Gasteiger partial charge in [-0.2, -0.15) is 13.2 Å². The van der Waals surface area contributed by atoms with Crippen LogP contribution in [0.2, 0.25) is 0 Å². The van der Waals surface area contributed by atoms with Crippen LogP contribution >= 0.6 is 0 Å². The van der Waals surface area contributed by atoms with Crippen LogP contribution in [0, 0.1) is 0 Å². The third-order valence-corrected chi connectivity index (χ3v) is 5.01. The predicted octanol–water partition coefficient (Wildman–Crippen LogP) is 4.05. The van der Waals surface area contributed by atoms with Crippen molar-refractivity contribution >= 4 is 29.1 Å². The zero-order valence-electron chi connectivity index (χ0n) is 16.7. The number of esters is 1. The number of allylic oxidation sites excluding steroid dienone is 1. The van der Waals surface area contributed by atoms with Gasteiger partial charge in [-0.1, -0.05) is 36.4 Å². The van der Waals surface area contributed by atoms with Crippen LogP contribution in [0.4, 0.5) is 13.2 Å². The number of aliphatic hydroxyl groups excluding tert-OH is 1. The van der Waals surface area contributed by atoms with Gasteiger partial charge in [-0.3, -0.25) is 14.4 Å². The maximum atomic E-state index is 13.0. The van der Waals surface area contributed by atoms with Gasteiger partial charge in [0, 0.05) is 23.5 Å². The number of ether oxygens (including phenoxy) is 1. The Kier molecular flexibility index (Phi) is 6.29. The fourth-order valence-electron chi connectivity index (χ4n) is 3.48. The molecule has 0 bridgehead atoms. The zero-order chi connectivity index (χ0) is 23.6. The number of alkyl halides is 3. The summed E-state index contributed by atoms with van der Waals surface area (Å²) in [7, 11) is 0. The van der Waals surface area contributed by atoms with Crippen LogP contribution in [-0.2, 0) is 25.3 Å². The highest BCUT2D eigenvalue weighted by Crippen LogP contribution is 2.39. The lowest BCUT2D eigenvalue weighted by Crippen LogP contribution is -2.29. The van der Waals surface area contributed by atoms with Crippen molar-refractivity contribution in [2.45, 2.75) is 25.4 Å². The van der Waals surface area contributed by atoms with E-state index in [0.29, 0.717) is 0 Å². The molecule has 1 N–H and O–H groups in total. The maximum absolute atomic E-state index is 13.0. The van der Waals surface area contributed by atoms with Gasteiger partial charge in [0.15, 0.2) is 0 Å². The maximum Gasteiger partial charge on any atom is 0.416 e. The fraction of sp³-hybridized carbons (Fsp3) is 0.217. The Morgan fingerprint density at radius 2 is 1.56 bits per heavy atom. The van der Waals surface area contributed by atoms with Gasteiger partial charge in [-0.25, -0.2) is 4.79 Å². The summed E-state index contributed by atoms with van der Waals surface area (Å²) in [5.74, 6) is -6.22. The molecule has 0 saturated carbocycles. The number of hydrogen-bond acceptors (Lipinski definition) is 6. The van der Waals surface area contributed by atoms with Gasteiger partial charge in [0.25, 0.3) is 0 Å². The topological polar surface area (TPSA) is 97.7 Å². The molecule has 32 heavy (non-hydrogen) atoms. The van der Waals surface area contributed by atoms with E-state index in [0.717, 1.165) is 24.3 Å². The monoisotopic (exact) mass is 446 g/mol. The number of halogens is 3. The first-order valence-electron chi connectivity index (χ1n) is 9.54. The molecule has 9 heteroatoms. The summed E-state index contributed by atoms with van der Waals surface area (Å²) in [5, 5.41) is 10.8. The van der Waals surface area contributed by atoms with E-state index < -0.39 is 58.7 Å². The smallest absolute Gasteiger partial charge is 0.416 e. The molecule has 1 aliphatic rings. The molecule has 2 aromatic rings. The van der Waals surface area contributed by atoms with Crippen LogP contribution < -0.4 is 0 Å². The first kappa shape index (κ1) is 22.9. The van der Waals surface area contributed by atoms with E-state index >= 15 is 0 Å². The predicted molar refractivity (Wildman–Crippen MR) is 106 cm³/mol. The number of rotatable bonds is 6. The number of fused-ring (bicyclic) bond motifs is 1. The standard InChI is InChI=1S/C23H17F3O6/c1-2-32-22(31)17(27)11-16(12-7-9-13(10-8-12)23(24,25)26)18-19(28)14-5-3-4-6-15(14)20(29)21(18)30/h3-10,16,28H,2,11H2,1H3/t16-/m1/s1. The number of carbonyl (C=O) groups is 4. The second-order valence-electron chi connectivity index (χ2n) is 6.99. The minimum absolute atomic E-state index is 0.0396. The SMILES string of the molecule is CCOC(=O)C(=O)C[C@@H](C1=C(O)c2ccccc2C(=O)C1=O)c1ccc(C(F)(F)F)cc1. The number of Topliss-reactive ketones (excluding diaryl/α,β-unsaturated/α-hetero) is 3. The van der Waals surface area contributed by atoms with E-state index in [1.165, 1.54) is 31.2 Å². The van der Waals surface area contributed by atoms with Gasteiger partial charge >= 0.3 is 12.1 Å². The molecular formula is C23H17F3O6. The summed E-state index contributed by atoms with van der Waals surface area (Å²) in [6.45, 7) is 1.39. The molecule has 0 saturated heterocycles. The molecule has 0 fully saturated rings. The van der Waals surface area contributed by atoms with E-state index in [1.807, 2.05) is 0 Å². The van der Waals surface area contributed by atoms with E-state index in [2.05, 4.69) is 4.74 Å². The van der Waals surface area contributed by atoms with Crippen molar-refractivity contribution in [3.63, 3.8) is 0 Å². The Labute approximate surface area is 180 Å². The second kappa shape index (κ2) is 8.78. The molecule has 0 aliphatic heterocycles. The third-order valence-electron chi connectivity index (χ3n) is 5.01. The molecule has 2 aromatic carbocycles. The molecule has 0 heterocycles. The number of aliphatic hydroxyl groups is 1. The zero-order valence-corrected chi connectivity index (χ0v) is 16.7. The lowest BCUT2D eigenvalue weighted by Gasteiger charge is -2.24. The highest BCUT2D eigenvalue weighted by atomic mass is 19.4. The van der Waals surface area contributed by atoms with Gasteiger partial charge in [0.05, 0.1) is 17.7 Å². The van der Waals surface area contributed by atoms with Crippen molar-refractivity contribution in [2.24, 2.45) is 0 Å². The minimum Gasteiger partial charge on any atom is -0.507 e. The van der Waals surface area contributed by atoms with Crippen molar-refractivity contribution in [3.8, 4) is 0 Å². The minimum atomic E-state index is -4.62. The molecule has 0 unspecified atom stereocenters. The van der Waals surface area contributed by atoms with Crippen LogP contribution in [0.25, 0.3) is 5.76 Å². The molecule has 0 aromatic heterocycles. The molecule has 166 valence electrons. The Bertz CT molecular complexity index is 1130. The summed E-state index contributed by atoms with van der Waals surface area (Å²) in [6.07, 6.45) is -5.31. The molecule has 6 nitrogen and oxygen atoms in total. The fourth-order valence-corrected chi connectivity index (χ4v) is 3.48. The van der Waals surface area contributed by atoms with Crippen molar-refractivity contribution in [1.29, 1.82) is 0 Å². The Hall–Kier alpha value is -3.75. The van der Waals surface area contributed by atoms with E-state index in [1.54, 1.807) is 0 Å². The van der Waals surface area contributed by atoms with E-state index in [4.69, 9.17) is 0 Å². The average molecular weight is 446 g/mol.